The number of carbonyl (C=O) groups excluding carboxylic acids is 1. The summed E-state index contributed by atoms with van der Waals surface area (Å²) in [5, 5.41) is 0.702. The minimum absolute atomic E-state index is 0.176. The van der Waals surface area contributed by atoms with E-state index in [2.05, 4.69) is 15.0 Å². The average Bonchev–Trinajstić information content (AvgIpc) is 3.13. The highest BCUT2D eigenvalue weighted by atomic mass is 32.1. The van der Waals surface area contributed by atoms with Crippen LogP contribution in [0.1, 0.15) is 23.0 Å². The van der Waals surface area contributed by atoms with E-state index in [9.17, 15) is 4.79 Å². The van der Waals surface area contributed by atoms with Crippen molar-refractivity contribution in [3.05, 3.63) is 72.2 Å². The second-order valence-corrected chi connectivity index (χ2v) is 7.16. The fourth-order valence-electron chi connectivity index (χ4n) is 2.99. The molecule has 0 N–H and O–H groups in total. The predicted molar refractivity (Wildman–Crippen MR) is 109 cm³/mol. The number of fused-ring (bicyclic) bond motifs is 1. The number of aryl methyl sites for hydroxylation is 1. The van der Waals surface area contributed by atoms with E-state index in [0.717, 1.165) is 21.5 Å². The lowest BCUT2D eigenvalue weighted by atomic mass is 10.2. The van der Waals surface area contributed by atoms with Gasteiger partial charge in [0.2, 0.25) is 0 Å². The zero-order chi connectivity index (χ0) is 18.8. The molecule has 2 heterocycles. The molecule has 0 aliphatic heterocycles. The van der Waals surface area contributed by atoms with Crippen LogP contribution in [0.25, 0.3) is 20.9 Å². The van der Waals surface area contributed by atoms with Crippen molar-refractivity contribution in [1.29, 1.82) is 0 Å². The van der Waals surface area contributed by atoms with Gasteiger partial charge in [0.25, 0.3) is 5.91 Å². The summed E-state index contributed by atoms with van der Waals surface area (Å²) in [6, 6.07) is 15.8. The summed E-state index contributed by atoms with van der Waals surface area (Å²) in [6.45, 7) is 4.50. The third-order valence-electron chi connectivity index (χ3n) is 4.27. The maximum atomic E-state index is 13.3. The van der Waals surface area contributed by atoms with Gasteiger partial charge in [-0.25, -0.2) is 15.0 Å². The van der Waals surface area contributed by atoms with Crippen LogP contribution in [0.3, 0.4) is 0 Å². The lowest BCUT2D eigenvalue weighted by Gasteiger charge is -2.21. The fourth-order valence-corrected chi connectivity index (χ4v) is 3.95. The van der Waals surface area contributed by atoms with E-state index in [1.54, 1.807) is 17.3 Å². The molecule has 2 aromatic carbocycles. The van der Waals surface area contributed by atoms with Crippen molar-refractivity contribution in [1.82, 2.24) is 15.0 Å². The molecule has 0 atom stereocenters. The summed E-state index contributed by atoms with van der Waals surface area (Å²) in [5.41, 5.74) is 3.69. The first-order valence-corrected chi connectivity index (χ1v) is 9.54. The summed E-state index contributed by atoms with van der Waals surface area (Å²) in [4.78, 5) is 28.4. The zero-order valence-electron chi connectivity index (χ0n) is 15.1. The van der Waals surface area contributed by atoms with Gasteiger partial charge in [-0.2, -0.15) is 0 Å². The molecule has 0 radical (unpaired) electrons. The van der Waals surface area contributed by atoms with Crippen molar-refractivity contribution in [2.45, 2.75) is 13.8 Å². The number of anilines is 1. The van der Waals surface area contributed by atoms with Gasteiger partial charge in [-0.3, -0.25) is 4.79 Å². The van der Waals surface area contributed by atoms with Crippen LogP contribution in [0, 0.1) is 6.92 Å². The van der Waals surface area contributed by atoms with Gasteiger partial charge in [0.15, 0.2) is 5.69 Å². The molecular weight excluding hydrogens is 356 g/mol. The maximum absolute atomic E-state index is 13.3. The molecule has 0 unspecified atom stereocenters. The van der Waals surface area contributed by atoms with E-state index in [1.807, 2.05) is 62.4 Å². The number of aromatic nitrogens is 3. The highest BCUT2D eigenvalue weighted by Crippen LogP contribution is 2.31. The minimum atomic E-state index is -0.176. The molecule has 4 rings (SSSR count). The molecule has 0 bridgehead atoms. The topological polar surface area (TPSA) is 59.0 Å². The van der Waals surface area contributed by atoms with Crippen LogP contribution in [0.2, 0.25) is 0 Å². The van der Waals surface area contributed by atoms with E-state index < -0.39 is 0 Å². The molecular formula is C21H18N4OS. The fraction of sp³-hybridized carbons (Fsp3) is 0.143. The summed E-state index contributed by atoms with van der Waals surface area (Å²) in [7, 11) is 0. The number of amides is 1. The molecule has 1 amide bonds. The standard InChI is InChI=1S/C21H18N4OS/c1-3-25(15-8-6-7-14(2)13-15)21(26)19-18(22-11-12-23-19)20-24-16-9-4-5-10-17(16)27-20/h4-13H,3H2,1-2H3. The molecule has 0 aliphatic rings. The van der Waals surface area contributed by atoms with Gasteiger partial charge in [0.05, 0.1) is 10.2 Å². The Hall–Kier alpha value is -3.12. The maximum Gasteiger partial charge on any atom is 0.279 e. The normalized spacial score (nSPS) is 10.9. The van der Waals surface area contributed by atoms with Crippen molar-refractivity contribution in [2.24, 2.45) is 0 Å². The second kappa shape index (κ2) is 7.25. The molecule has 6 heteroatoms. The predicted octanol–water partition coefficient (Wildman–Crippen LogP) is 4.73. The summed E-state index contributed by atoms with van der Waals surface area (Å²) in [5.74, 6) is -0.176. The molecule has 0 saturated carbocycles. The van der Waals surface area contributed by atoms with Crippen molar-refractivity contribution < 1.29 is 4.79 Å². The van der Waals surface area contributed by atoms with Gasteiger partial charge in [-0.15, -0.1) is 11.3 Å². The van der Waals surface area contributed by atoms with Crippen LogP contribution in [-0.4, -0.2) is 27.4 Å². The molecule has 134 valence electrons. The van der Waals surface area contributed by atoms with Gasteiger partial charge in [-0.1, -0.05) is 24.3 Å². The Bertz CT molecular complexity index is 1090. The first-order chi connectivity index (χ1) is 13.2. The second-order valence-electron chi connectivity index (χ2n) is 6.13. The quantitative estimate of drug-likeness (QED) is 0.518. The number of hydrogen-bond donors (Lipinski definition) is 0. The molecule has 4 aromatic rings. The van der Waals surface area contributed by atoms with Gasteiger partial charge in [-0.05, 0) is 43.7 Å². The largest absolute Gasteiger partial charge is 0.307 e. The molecule has 0 saturated heterocycles. The van der Waals surface area contributed by atoms with E-state index >= 15 is 0 Å². The smallest absolute Gasteiger partial charge is 0.279 e. The van der Waals surface area contributed by atoms with E-state index in [-0.39, 0.29) is 5.91 Å². The zero-order valence-corrected chi connectivity index (χ0v) is 15.9. The highest BCUT2D eigenvalue weighted by Gasteiger charge is 2.24. The van der Waals surface area contributed by atoms with Crippen LogP contribution in [0.5, 0.6) is 0 Å². The molecule has 0 aliphatic carbocycles. The lowest BCUT2D eigenvalue weighted by molar-refractivity contribution is 0.0984. The van der Waals surface area contributed by atoms with Crippen molar-refractivity contribution in [3.8, 4) is 10.7 Å². The highest BCUT2D eigenvalue weighted by molar-refractivity contribution is 7.21. The van der Waals surface area contributed by atoms with Crippen LogP contribution >= 0.6 is 11.3 Å². The number of para-hydroxylation sites is 1. The Labute approximate surface area is 161 Å². The first-order valence-electron chi connectivity index (χ1n) is 8.73. The minimum Gasteiger partial charge on any atom is -0.307 e. The Morgan fingerprint density at radius 3 is 2.67 bits per heavy atom. The molecule has 2 aromatic heterocycles. The Morgan fingerprint density at radius 2 is 1.89 bits per heavy atom. The van der Waals surface area contributed by atoms with Gasteiger partial charge >= 0.3 is 0 Å². The van der Waals surface area contributed by atoms with E-state index in [0.29, 0.717) is 22.9 Å². The average molecular weight is 374 g/mol. The number of rotatable bonds is 4. The summed E-state index contributed by atoms with van der Waals surface area (Å²) in [6.07, 6.45) is 3.15. The first kappa shape index (κ1) is 17.3. The SMILES string of the molecule is CCN(C(=O)c1nccnc1-c1nc2ccccc2s1)c1cccc(C)c1. The molecule has 0 fully saturated rings. The van der Waals surface area contributed by atoms with Gasteiger partial charge in [0, 0.05) is 24.6 Å². The number of carbonyl (C=O) groups is 1. The number of hydrogen-bond acceptors (Lipinski definition) is 5. The van der Waals surface area contributed by atoms with Crippen molar-refractivity contribution in [2.75, 3.05) is 11.4 Å². The Morgan fingerprint density at radius 1 is 1.07 bits per heavy atom. The third-order valence-corrected chi connectivity index (χ3v) is 5.32. The lowest BCUT2D eigenvalue weighted by Crippen LogP contribution is -2.32. The van der Waals surface area contributed by atoms with E-state index in [1.165, 1.54) is 11.3 Å². The third kappa shape index (κ3) is 3.31. The van der Waals surface area contributed by atoms with Crippen LogP contribution in [0.4, 0.5) is 5.69 Å². The molecule has 0 spiro atoms. The monoisotopic (exact) mass is 374 g/mol. The Balaban J connectivity index is 1.78. The van der Waals surface area contributed by atoms with Crippen LogP contribution in [-0.2, 0) is 0 Å². The number of nitrogens with zero attached hydrogens (tertiary/aromatic N) is 4. The summed E-state index contributed by atoms with van der Waals surface area (Å²) >= 11 is 1.52. The van der Waals surface area contributed by atoms with Crippen LogP contribution in [0.15, 0.2) is 60.9 Å². The van der Waals surface area contributed by atoms with E-state index in [4.69, 9.17) is 0 Å². The van der Waals surface area contributed by atoms with Crippen LogP contribution < -0.4 is 4.90 Å². The Kier molecular flexibility index (Phi) is 4.64. The number of benzene rings is 2. The summed E-state index contributed by atoms with van der Waals surface area (Å²) < 4.78 is 1.06. The number of thiazole rings is 1. The van der Waals surface area contributed by atoms with Gasteiger partial charge < -0.3 is 4.90 Å². The van der Waals surface area contributed by atoms with Crippen molar-refractivity contribution >= 4 is 33.1 Å². The molecule has 27 heavy (non-hydrogen) atoms. The molecule has 5 nitrogen and oxygen atoms in total. The van der Waals surface area contributed by atoms with Gasteiger partial charge in [0.1, 0.15) is 10.7 Å². The van der Waals surface area contributed by atoms with Crippen molar-refractivity contribution in [3.63, 3.8) is 0 Å².